The summed E-state index contributed by atoms with van der Waals surface area (Å²) in [6, 6.07) is 9.59. The van der Waals surface area contributed by atoms with E-state index in [0.717, 1.165) is 23.1 Å². The minimum atomic E-state index is -0.0250. The summed E-state index contributed by atoms with van der Waals surface area (Å²) in [5.74, 6) is -0.0250. The Bertz CT molecular complexity index is 593. The van der Waals surface area contributed by atoms with Gasteiger partial charge in [-0.2, -0.15) is 0 Å². The van der Waals surface area contributed by atoms with Crippen LogP contribution < -0.4 is 10.2 Å². The van der Waals surface area contributed by atoms with E-state index in [1.54, 1.807) is 0 Å². The summed E-state index contributed by atoms with van der Waals surface area (Å²) in [5, 5.41) is 3.87. The van der Waals surface area contributed by atoms with E-state index in [1.807, 2.05) is 37.3 Å². The maximum atomic E-state index is 12.2. The number of fused-ring (bicyclic) bond motifs is 1. The number of benzene rings is 1. The van der Waals surface area contributed by atoms with E-state index in [0.29, 0.717) is 12.1 Å². The van der Waals surface area contributed by atoms with Gasteiger partial charge in [-0.3, -0.25) is 9.78 Å². The van der Waals surface area contributed by atoms with Crippen LogP contribution in [0.5, 0.6) is 0 Å². The van der Waals surface area contributed by atoms with Gasteiger partial charge in [-0.15, -0.1) is 0 Å². The zero-order valence-corrected chi connectivity index (χ0v) is 11.7. The molecular formula is C15H20N3O+. The molecular weight excluding hydrogens is 238 g/mol. The van der Waals surface area contributed by atoms with Crippen molar-refractivity contribution in [2.24, 2.45) is 0 Å². The van der Waals surface area contributed by atoms with Gasteiger partial charge in [0.05, 0.1) is 38.3 Å². The molecule has 0 aliphatic carbocycles. The van der Waals surface area contributed by atoms with Crippen LogP contribution in [0.2, 0.25) is 0 Å². The van der Waals surface area contributed by atoms with Crippen molar-refractivity contribution < 1.29 is 9.69 Å². The molecule has 1 aromatic carbocycles. The molecule has 1 aromatic heterocycles. The van der Waals surface area contributed by atoms with Crippen molar-refractivity contribution in [2.45, 2.75) is 6.92 Å². The highest BCUT2D eigenvalue weighted by Gasteiger charge is 2.11. The maximum absolute atomic E-state index is 12.2. The highest BCUT2D eigenvalue weighted by molar-refractivity contribution is 6.06. The third-order valence-electron chi connectivity index (χ3n) is 3.00. The monoisotopic (exact) mass is 258 g/mol. The van der Waals surface area contributed by atoms with Crippen molar-refractivity contribution in [3.63, 3.8) is 0 Å². The molecule has 0 radical (unpaired) electrons. The largest absolute Gasteiger partial charge is 0.346 e. The zero-order valence-electron chi connectivity index (χ0n) is 11.7. The number of aryl methyl sites for hydroxylation is 1. The van der Waals surface area contributed by atoms with E-state index in [1.165, 1.54) is 4.90 Å². The van der Waals surface area contributed by atoms with Crippen LogP contribution in [0.15, 0.2) is 30.3 Å². The Kier molecular flexibility index (Phi) is 4.12. The number of carbonyl (C=O) groups is 1. The average molecular weight is 258 g/mol. The lowest BCUT2D eigenvalue weighted by molar-refractivity contribution is -0.856. The Morgan fingerprint density at radius 1 is 1.32 bits per heavy atom. The second-order valence-electron chi connectivity index (χ2n) is 5.04. The normalized spacial score (nSPS) is 10.9. The van der Waals surface area contributed by atoms with Gasteiger partial charge in [0.2, 0.25) is 0 Å². The Labute approximate surface area is 113 Å². The summed E-state index contributed by atoms with van der Waals surface area (Å²) in [5.41, 5.74) is 2.44. The SMILES string of the molecule is Cc1cc(C(=O)NCC[NH+](C)C)c2ccccc2n1. The predicted octanol–water partition coefficient (Wildman–Crippen LogP) is 0.418. The van der Waals surface area contributed by atoms with Gasteiger partial charge in [-0.05, 0) is 19.1 Å². The van der Waals surface area contributed by atoms with Crippen LogP contribution in [-0.4, -0.2) is 38.1 Å². The molecule has 0 fully saturated rings. The van der Waals surface area contributed by atoms with Gasteiger partial charge < -0.3 is 10.2 Å². The third kappa shape index (κ3) is 3.29. The topological polar surface area (TPSA) is 46.4 Å². The summed E-state index contributed by atoms with van der Waals surface area (Å²) >= 11 is 0. The van der Waals surface area contributed by atoms with E-state index in [-0.39, 0.29) is 5.91 Å². The Hall–Kier alpha value is -1.94. The molecule has 1 heterocycles. The molecule has 0 aliphatic heterocycles. The molecule has 4 nitrogen and oxygen atoms in total. The Morgan fingerprint density at radius 3 is 2.79 bits per heavy atom. The number of pyridine rings is 1. The first-order valence-corrected chi connectivity index (χ1v) is 6.51. The first-order chi connectivity index (χ1) is 9.08. The zero-order chi connectivity index (χ0) is 13.8. The molecule has 1 amide bonds. The van der Waals surface area contributed by atoms with Gasteiger partial charge >= 0.3 is 0 Å². The highest BCUT2D eigenvalue weighted by atomic mass is 16.1. The number of aromatic nitrogens is 1. The molecule has 0 atom stereocenters. The smallest absolute Gasteiger partial charge is 0.252 e. The maximum Gasteiger partial charge on any atom is 0.252 e. The van der Waals surface area contributed by atoms with E-state index in [9.17, 15) is 4.79 Å². The Morgan fingerprint density at radius 2 is 2.05 bits per heavy atom. The molecule has 2 aromatic rings. The van der Waals surface area contributed by atoms with Crippen molar-refractivity contribution >= 4 is 16.8 Å². The van der Waals surface area contributed by atoms with Gasteiger partial charge in [-0.1, -0.05) is 18.2 Å². The van der Waals surface area contributed by atoms with Crippen LogP contribution in [-0.2, 0) is 0 Å². The lowest BCUT2D eigenvalue weighted by atomic mass is 10.1. The second-order valence-corrected chi connectivity index (χ2v) is 5.04. The van der Waals surface area contributed by atoms with Crippen LogP contribution in [0.1, 0.15) is 16.1 Å². The number of likely N-dealkylation sites (N-methyl/N-ethyl adjacent to an activating group) is 1. The van der Waals surface area contributed by atoms with Crippen molar-refractivity contribution in [1.29, 1.82) is 0 Å². The summed E-state index contributed by atoms with van der Waals surface area (Å²) in [6.07, 6.45) is 0. The first-order valence-electron chi connectivity index (χ1n) is 6.51. The van der Waals surface area contributed by atoms with Crippen LogP contribution in [0.4, 0.5) is 0 Å². The van der Waals surface area contributed by atoms with Crippen molar-refractivity contribution in [1.82, 2.24) is 10.3 Å². The lowest BCUT2D eigenvalue weighted by Gasteiger charge is -2.10. The van der Waals surface area contributed by atoms with Gasteiger partial charge in [0.15, 0.2) is 0 Å². The van der Waals surface area contributed by atoms with Crippen LogP contribution in [0.25, 0.3) is 10.9 Å². The van der Waals surface area contributed by atoms with Crippen molar-refractivity contribution in [2.75, 3.05) is 27.2 Å². The molecule has 0 bridgehead atoms. The predicted molar refractivity (Wildman–Crippen MR) is 76.5 cm³/mol. The average Bonchev–Trinajstić information content (AvgIpc) is 2.37. The number of amides is 1. The minimum Gasteiger partial charge on any atom is -0.346 e. The van der Waals surface area contributed by atoms with E-state index in [2.05, 4.69) is 24.4 Å². The fourth-order valence-corrected chi connectivity index (χ4v) is 2.02. The molecule has 4 heteroatoms. The fourth-order valence-electron chi connectivity index (χ4n) is 2.02. The second kappa shape index (κ2) is 5.80. The first kappa shape index (κ1) is 13.5. The van der Waals surface area contributed by atoms with E-state index >= 15 is 0 Å². The van der Waals surface area contributed by atoms with Crippen LogP contribution >= 0.6 is 0 Å². The number of hydrogen-bond acceptors (Lipinski definition) is 2. The number of rotatable bonds is 4. The third-order valence-corrected chi connectivity index (χ3v) is 3.00. The molecule has 2 N–H and O–H groups in total. The number of hydrogen-bond donors (Lipinski definition) is 2. The number of nitrogens with one attached hydrogen (secondary N) is 2. The summed E-state index contributed by atoms with van der Waals surface area (Å²) in [4.78, 5) is 18.0. The van der Waals surface area contributed by atoms with Gasteiger partial charge in [0, 0.05) is 11.1 Å². The van der Waals surface area contributed by atoms with Gasteiger partial charge in [0.1, 0.15) is 0 Å². The molecule has 0 saturated heterocycles. The fraction of sp³-hybridized carbons (Fsp3) is 0.333. The van der Waals surface area contributed by atoms with E-state index < -0.39 is 0 Å². The molecule has 19 heavy (non-hydrogen) atoms. The van der Waals surface area contributed by atoms with Crippen molar-refractivity contribution in [3.8, 4) is 0 Å². The molecule has 0 aliphatic rings. The number of para-hydroxylation sites is 1. The summed E-state index contributed by atoms with van der Waals surface area (Å²) < 4.78 is 0. The highest BCUT2D eigenvalue weighted by Crippen LogP contribution is 2.17. The van der Waals surface area contributed by atoms with Crippen LogP contribution in [0, 0.1) is 6.92 Å². The minimum absolute atomic E-state index is 0.0250. The molecule has 0 unspecified atom stereocenters. The molecule has 100 valence electrons. The summed E-state index contributed by atoms with van der Waals surface area (Å²) in [7, 11) is 4.14. The molecule has 2 rings (SSSR count). The van der Waals surface area contributed by atoms with Crippen molar-refractivity contribution in [3.05, 3.63) is 41.6 Å². The number of nitrogens with zero attached hydrogens (tertiary/aromatic N) is 1. The van der Waals surface area contributed by atoms with Gasteiger partial charge in [0.25, 0.3) is 5.91 Å². The lowest BCUT2D eigenvalue weighted by Crippen LogP contribution is -3.06. The molecule has 0 spiro atoms. The standard InChI is InChI=1S/C15H19N3O/c1-11-10-13(15(19)16-8-9-18(2)3)12-6-4-5-7-14(12)17-11/h4-7,10H,8-9H2,1-3H3,(H,16,19)/p+1. The van der Waals surface area contributed by atoms with Gasteiger partial charge in [-0.25, -0.2) is 0 Å². The Balaban J connectivity index is 2.26. The summed E-state index contributed by atoms with van der Waals surface area (Å²) in [6.45, 7) is 3.50. The van der Waals surface area contributed by atoms with Crippen LogP contribution in [0.3, 0.4) is 0 Å². The number of quaternary nitrogens is 1. The number of carbonyl (C=O) groups excluding carboxylic acids is 1. The molecule has 0 saturated carbocycles. The quantitative estimate of drug-likeness (QED) is 0.835. The van der Waals surface area contributed by atoms with E-state index in [4.69, 9.17) is 0 Å².